The normalized spacial score (nSPS) is 22.7. The zero-order chi connectivity index (χ0) is 47.9. The van der Waals surface area contributed by atoms with Gasteiger partial charge in [0, 0.05) is 69.9 Å². The molecule has 0 bridgehead atoms. The van der Waals surface area contributed by atoms with Gasteiger partial charge in [0.25, 0.3) is 0 Å². The standard InChI is InChI=1S/C43H65N9O12/c1-24(53)31(25(2)54)21-36(58)28-18-37(59)32(26(3)55)20-30(57)23-49-40(62)35(17-27-9-5-4-6-10-27)52-42(64)34(12-8-16-48-43(45)46)51-41(63)33(11-7-15-47-39(61)19-28)50-38(60)14-13-29(56)22-44/h4-6,9-10,24,26,28,31-35,53,55H,7-8,11-23,44H2,1-3H3,(H,47,61)(H,49,62)(H,50,60)(H,51,63)(H,52,64)(H4,45,46,48)/t24-,26-,28+,31+,32+,33+,34+,35+/m1/s1. The molecule has 1 aromatic rings. The number of carbonyl (C=O) groups is 10. The maximum absolute atomic E-state index is 14.0. The Balaban J connectivity index is 2.60. The molecule has 1 aliphatic rings. The molecule has 0 aliphatic carbocycles. The van der Waals surface area contributed by atoms with E-state index >= 15 is 0 Å². The highest BCUT2D eigenvalue weighted by atomic mass is 16.3. The van der Waals surface area contributed by atoms with Crippen molar-refractivity contribution in [3.8, 4) is 0 Å². The van der Waals surface area contributed by atoms with Gasteiger partial charge in [-0.05, 0) is 52.0 Å². The molecule has 1 fully saturated rings. The summed E-state index contributed by atoms with van der Waals surface area (Å²) >= 11 is 0. The van der Waals surface area contributed by atoms with Crippen LogP contribution in [0, 0.1) is 17.8 Å². The second-order valence-corrected chi connectivity index (χ2v) is 16.1. The fourth-order valence-corrected chi connectivity index (χ4v) is 7.01. The predicted molar refractivity (Wildman–Crippen MR) is 232 cm³/mol. The summed E-state index contributed by atoms with van der Waals surface area (Å²) in [5.74, 6) is -10.8. The molecule has 354 valence electrons. The van der Waals surface area contributed by atoms with Crippen LogP contribution in [0.2, 0.25) is 0 Å². The number of guanidine groups is 1. The molecule has 1 aromatic carbocycles. The molecule has 64 heavy (non-hydrogen) atoms. The lowest BCUT2D eigenvalue weighted by Crippen LogP contribution is -2.57. The molecule has 0 saturated carbocycles. The van der Waals surface area contributed by atoms with E-state index in [9.17, 15) is 58.2 Å². The molecule has 0 spiro atoms. The number of rotatable bonds is 17. The van der Waals surface area contributed by atoms with Gasteiger partial charge in [-0.2, -0.15) is 0 Å². The van der Waals surface area contributed by atoms with Crippen molar-refractivity contribution in [1.29, 1.82) is 0 Å². The minimum Gasteiger partial charge on any atom is -0.393 e. The largest absolute Gasteiger partial charge is 0.393 e. The van der Waals surface area contributed by atoms with Crippen molar-refractivity contribution in [1.82, 2.24) is 26.6 Å². The lowest BCUT2D eigenvalue weighted by molar-refractivity contribution is -0.137. The van der Waals surface area contributed by atoms with Gasteiger partial charge in [-0.1, -0.05) is 30.3 Å². The van der Waals surface area contributed by atoms with Crippen molar-refractivity contribution in [2.24, 2.45) is 39.9 Å². The average Bonchev–Trinajstić information content (AvgIpc) is 3.23. The summed E-state index contributed by atoms with van der Waals surface area (Å²) < 4.78 is 0. The SMILES string of the molecule is CC(=O)[C@@H](CC(=O)[C@@H]1CC(=O)NCCC[C@H](NC(=O)CCC(=O)CN)C(=O)N[C@@H](CCCN=C(N)N)C(=O)N[C@@H](Cc2ccccc2)C(=O)NCC(=O)C[C@@H]([C@@H](C)O)C(=O)C1)[C@@H](C)O. The van der Waals surface area contributed by atoms with E-state index in [2.05, 4.69) is 31.6 Å². The van der Waals surface area contributed by atoms with Crippen molar-refractivity contribution in [3.05, 3.63) is 35.9 Å². The molecule has 21 nitrogen and oxygen atoms in total. The van der Waals surface area contributed by atoms with Gasteiger partial charge in [-0.15, -0.1) is 0 Å². The van der Waals surface area contributed by atoms with Gasteiger partial charge < -0.3 is 54.0 Å². The lowest BCUT2D eigenvalue weighted by Gasteiger charge is -2.26. The second kappa shape index (κ2) is 28.0. The summed E-state index contributed by atoms with van der Waals surface area (Å²) in [7, 11) is 0. The lowest BCUT2D eigenvalue weighted by atomic mass is 9.81. The summed E-state index contributed by atoms with van der Waals surface area (Å²) in [6.45, 7) is 2.82. The van der Waals surface area contributed by atoms with E-state index in [1.165, 1.54) is 20.8 Å². The van der Waals surface area contributed by atoms with Crippen molar-refractivity contribution < 1.29 is 58.2 Å². The van der Waals surface area contributed by atoms with E-state index in [4.69, 9.17) is 17.2 Å². The van der Waals surface area contributed by atoms with Crippen LogP contribution in [0.15, 0.2) is 35.3 Å². The molecule has 1 aliphatic heterocycles. The summed E-state index contributed by atoms with van der Waals surface area (Å²) in [4.78, 5) is 137. The van der Waals surface area contributed by atoms with E-state index in [0.29, 0.717) is 5.56 Å². The predicted octanol–water partition coefficient (Wildman–Crippen LogP) is -2.46. The number of amides is 5. The van der Waals surface area contributed by atoms with E-state index in [1.807, 2.05) is 0 Å². The van der Waals surface area contributed by atoms with Crippen molar-refractivity contribution in [3.63, 3.8) is 0 Å². The molecule has 0 unspecified atom stereocenters. The van der Waals surface area contributed by atoms with Crippen LogP contribution < -0.4 is 43.8 Å². The fraction of sp³-hybridized carbons (Fsp3) is 0.605. The number of aliphatic hydroxyl groups excluding tert-OH is 2. The molecule has 1 heterocycles. The Labute approximate surface area is 372 Å². The first-order valence-electron chi connectivity index (χ1n) is 21.4. The Hall–Kier alpha value is -5.93. The molecule has 0 aromatic heterocycles. The number of benzene rings is 1. The van der Waals surface area contributed by atoms with Crippen LogP contribution in [-0.2, 0) is 54.4 Å². The maximum Gasteiger partial charge on any atom is 0.243 e. The highest BCUT2D eigenvalue weighted by Gasteiger charge is 2.35. The van der Waals surface area contributed by atoms with Gasteiger partial charge >= 0.3 is 0 Å². The topological polar surface area (TPSA) is 362 Å². The fourth-order valence-electron chi connectivity index (χ4n) is 7.01. The van der Waals surface area contributed by atoms with Gasteiger partial charge in [0.1, 0.15) is 41.3 Å². The van der Waals surface area contributed by atoms with Crippen molar-refractivity contribution >= 4 is 64.4 Å². The Morgan fingerprint density at radius 2 is 1.55 bits per heavy atom. The molecule has 5 amide bonds. The van der Waals surface area contributed by atoms with Crippen LogP contribution in [0.25, 0.3) is 0 Å². The van der Waals surface area contributed by atoms with Crippen LogP contribution >= 0.6 is 0 Å². The number of aliphatic hydroxyl groups is 2. The molecule has 21 heteroatoms. The number of nitrogens with one attached hydrogen (secondary N) is 5. The summed E-state index contributed by atoms with van der Waals surface area (Å²) in [6, 6.07) is 4.65. The number of hydrogen-bond acceptors (Lipinski definition) is 14. The van der Waals surface area contributed by atoms with E-state index in [-0.39, 0.29) is 70.5 Å². The maximum atomic E-state index is 14.0. The number of hydrogen-bond donors (Lipinski definition) is 10. The van der Waals surface area contributed by atoms with Crippen LogP contribution in [0.3, 0.4) is 0 Å². The van der Waals surface area contributed by atoms with Crippen LogP contribution in [0.1, 0.15) is 90.5 Å². The highest BCUT2D eigenvalue weighted by Crippen LogP contribution is 2.24. The Kier molecular flexibility index (Phi) is 23.7. The average molecular weight is 900 g/mol. The zero-order valence-corrected chi connectivity index (χ0v) is 36.8. The molecular weight excluding hydrogens is 835 g/mol. The minimum absolute atomic E-state index is 0.0463. The van der Waals surface area contributed by atoms with Crippen LogP contribution in [-0.4, -0.2) is 131 Å². The number of ketones is 5. The van der Waals surface area contributed by atoms with E-state index in [0.717, 1.165) is 0 Å². The van der Waals surface area contributed by atoms with E-state index in [1.54, 1.807) is 30.3 Å². The Morgan fingerprint density at radius 1 is 0.875 bits per heavy atom. The Bertz CT molecular complexity index is 1840. The summed E-state index contributed by atoms with van der Waals surface area (Å²) in [6.07, 6.45) is -5.34. The van der Waals surface area contributed by atoms with Gasteiger partial charge in [0.15, 0.2) is 11.7 Å². The number of aliphatic imine (C=N–C) groups is 1. The van der Waals surface area contributed by atoms with Crippen molar-refractivity contribution in [2.45, 2.75) is 122 Å². The molecule has 13 N–H and O–H groups in total. The van der Waals surface area contributed by atoms with Crippen molar-refractivity contribution in [2.75, 3.05) is 26.2 Å². The van der Waals surface area contributed by atoms with Crippen LogP contribution in [0.4, 0.5) is 0 Å². The van der Waals surface area contributed by atoms with Gasteiger partial charge in [-0.25, -0.2) is 0 Å². The molecule has 2 rings (SSSR count). The highest BCUT2D eigenvalue weighted by molar-refractivity contribution is 5.98. The monoisotopic (exact) mass is 899 g/mol. The third-order valence-electron chi connectivity index (χ3n) is 10.8. The smallest absolute Gasteiger partial charge is 0.243 e. The van der Waals surface area contributed by atoms with Gasteiger partial charge in [-0.3, -0.25) is 52.9 Å². The first kappa shape index (κ1) is 54.2. The number of Topliss-reactive ketones (excluding diaryl/α,β-unsaturated/α-hetero) is 5. The zero-order valence-electron chi connectivity index (χ0n) is 36.8. The third-order valence-corrected chi connectivity index (χ3v) is 10.8. The Morgan fingerprint density at radius 3 is 2.16 bits per heavy atom. The van der Waals surface area contributed by atoms with Gasteiger partial charge in [0.05, 0.1) is 31.2 Å². The van der Waals surface area contributed by atoms with E-state index < -0.39 is 139 Å². The third kappa shape index (κ3) is 20.1. The number of nitrogens with two attached hydrogens (primary N) is 3. The number of nitrogens with zero attached hydrogens (tertiary/aromatic N) is 1. The molecule has 8 atom stereocenters. The van der Waals surface area contributed by atoms with Gasteiger partial charge in [0.2, 0.25) is 29.5 Å². The first-order chi connectivity index (χ1) is 30.2. The molecule has 1 saturated heterocycles. The summed E-state index contributed by atoms with van der Waals surface area (Å²) in [5.41, 5.74) is 16.9. The molecular formula is C43H65N9O12. The second-order valence-electron chi connectivity index (χ2n) is 16.1. The quantitative estimate of drug-likeness (QED) is 0.0440. The van der Waals surface area contributed by atoms with Crippen LogP contribution in [0.5, 0.6) is 0 Å². The number of carbonyl (C=O) groups excluding carboxylic acids is 10. The molecule has 0 radical (unpaired) electrons. The minimum atomic E-state index is -1.40. The summed E-state index contributed by atoms with van der Waals surface area (Å²) in [5, 5.41) is 33.8. The first-order valence-corrected chi connectivity index (χ1v) is 21.4.